The van der Waals surface area contributed by atoms with Crippen LogP contribution in [0.15, 0.2) is 18.2 Å². The van der Waals surface area contributed by atoms with Crippen molar-refractivity contribution in [1.82, 2.24) is 5.32 Å². The third-order valence-electron chi connectivity index (χ3n) is 5.91. The third kappa shape index (κ3) is 3.32. The summed E-state index contributed by atoms with van der Waals surface area (Å²) in [6.07, 6.45) is 8.15. The molecule has 4 bridgehead atoms. The number of anilines is 1. The molecule has 0 radical (unpaired) electrons. The molecule has 0 atom stereocenters. The SMILES string of the molecule is O=C(NCC12CC3CC(CC(C3)C1)C2)Nc1cc(Cl)cc(Cl)c1. The molecule has 124 valence electrons. The summed E-state index contributed by atoms with van der Waals surface area (Å²) in [7, 11) is 0. The van der Waals surface area contributed by atoms with Crippen LogP contribution in [-0.2, 0) is 0 Å². The Morgan fingerprint density at radius 1 is 1.00 bits per heavy atom. The average molecular weight is 353 g/mol. The minimum absolute atomic E-state index is 0.168. The van der Waals surface area contributed by atoms with Crippen LogP contribution in [0.25, 0.3) is 0 Å². The van der Waals surface area contributed by atoms with E-state index in [0.717, 1.165) is 24.3 Å². The van der Waals surface area contributed by atoms with Crippen LogP contribution in [0.5, 0.6) is 0 Å². The van der Waals surface area contributed by atoms with Gasteiger partial charge in [0.2, 0.25) is 0 Å². The maximum absolute atomic E-state index is 12.2. The summed E-state index contributed by atoms with van der Waals surface area (Å²) in [6.45, 7) is 0.788. The van der Waals surface area contributed by atoms with Crippen molar-refractivity contribution in [2.24, 2.45) is 23.2 Å². The van der Waals surface area contributed by atoms with Gasteiger partial charge in [-0.25, -0.2) is 4.79 Å². The van der Waals surface area contributed by atoms with Crippen molar-refractivity contribution in [2.75, 3.05) is 11.9 Å². The van der Waals surface area contributed by atoms with E-state index >= 15 is 0 Å². The van der Waals surface area contributed by atoms with Crippen molar-refractivity contribution in [1.29, 1.82) is 0 Å². The fourth-order valence-corrected chi connectivity index (χ4v) is 6.10. The lowest BCUT2D eigenvalue weighted by atomic mass is 9.49. The van der Waals surface area contributed by atoms with Gasteiger partial charge < -0.3 is 10.6 Å². The lowest BCUT2D eigenvalue weighted by Gasteiger charge is -2.56. The van der Waals surface area contributed by atoms with Gasteiger partial charge in [-0.2, -0.15) is 0 Å². The Kier molecular flexibility index (Phi) is 3.97. The highest BCUT2D eigenvalue weighted by molar-refractivity contribution is 6.35. The Bertz CT molecular complexity index is 576. The monoisotopic (exact) mass is 352 g/mol. The number of urea groups is 1. The number of amides is 2. The van der Waals surface area contributed by atoms with Gasteiger partial charge in [0.1, 0.15) is 0 Å². The second-order valence-electron chi connectivity index (χ2n) is 7.88. The molecule has 4 aliphatic carbocycles. The molecule has 2 N–H and O–H groups in total. The number of carbonyl (C=O) groups excluding carboxylic acids is 1. The topological polar surface area (TPSA) is 41.1 Å². The summed E-state index contributed by atoms with van der Waals surface area (Å²) in [4.78, 5) is 12.2. The molecule has 23 heavy (non-hydrogen) atoms. The zero-order valence-electron chi connectivity index (χ0n) is 13.1. The van der Waals surface area contributed by atoms with Gasteiger partial charge in [-0.05, 0) is 79.9 Å². The maximum atomic E-state index is 12.2. The van der Waals surface area contributed by atoms with E-state index in [4.69, 9.17) is 23.2 Å². The lowest BCUT2D eigenvalue weighted by Crippen LogP contribution is -2.51. The molecule has 0 aromatic heterocycles. The molecular weight excluding hydrogens is 331 g/mol. The lowest BCUT2D eigenvalue weighted by molar-refractivity contribution is -0.0496. The number of carbonyl (C=O) groups is 1. The van der Waals surface area contributed by atoms with E-state index in [0.29, 0.717) is 21.1 Å². The van der Waals surface area contributed by atoms with Crippen molar-refractivity contribution >= 4 is 34.9 Å². The van der Waals surface area contributed by atoms with E-state index in [-0.39, 0.29) is 6.03 Å². The first kappa shape index (κ1) is 15.6. The van der Waals surface area contributed by atoms with Gasteiger partial charge in [0, 0.05) is 22.3 Å². The smallest absolute Gasteiger partial charge is 0.319 e. The summed E-state index contributed by atoms with van der Waals surface area (Å²) in [5.41, 5.74) is 0.975. The summed E-state index contributed by atoms with van der Waals surface area (Å²) in [5, 5.41) is 6.97. The number of rotatable bonds is 3. The summed E-state index contributed by atoms with van der Waals surface area (Å²) in [6, 6.07) is 4.90. The van der Waals surface area contributed by atoms with E-state index in [9.17, 15) is 4.79 Å². The van der Waals surface area contributed by atoms with E-state index in [1.165, 1.54) is 38.5 Å². The quantitative estimate of drug-likeness (QED) is 0.757. The molecule has 2 amide bonds. The standard InChI is InChI=1S/C18H22Cl2N2O/c19-14-4-15(20)6-16(5-14)22-17(23)21-10-18-7-11-1-12(8-18)3-13(2-11)9-18/h4-6,11-13H,1-3,7-10H2,(H2,21,22,23). The van der Waals surface area contributed by atoms with Crippen LogP contribution in [0, 0.1) is 23.2 Å². The summed E-state index contributed by atoms with van der Waals surface area (Å²) >= 11 is 11.9. The minimum atomic E-state index is -0.168. The average Bonchev–Trinajstić information content (AvgIpc) is 2.42. The Balaban J connectivity index is 1.36. The van der Waals surface area contributed by atoms with Crippen molar-refractivity contribution < 1.29 is 4.79 Å². The predicted octanol–water partition coefficient (Wildman–Crippen LogP) is 5.33. The highest BCUT2D eigenvalue weighted by Gasteiger charge is 2.50. The second kappa shape index (κ2) is 5.86. The van der Waals surface area contributed by atoms with E-state index in [2.05, 4.69) is 10.6 Å². The highest BCUT2D eigenvalue weighted by Crippen LogP contribution is 2.59. The molecule has 5 heteroatoms. The number of hydrogen-bond acceptors (Lipinski definition) is 1. The van der Waals surface area contributed by atoms with Gasteiger partial charge in [0.25, 0.3) is 0 Å². The van der Waals surface area contributed by atoms with Crippen LogP contribution < -0.4 is 10.6 Å². The molecule has 3 nitrogen and oxygen atoms in total. The molecule has 4 fully saturated rings. The molecule has 1 aromatic carbocycles. The molecule has 0 saturated heterocycles. The van der Waals surface area contributed by atoms with Crippen molar-refractivity contribution in [3.63, 3.8) is 0 Å². The molecule has 0 aliphatic heterocycles. The zero-order chi connectivity index (χ0) is 16.0. The maximum Gasteiger partial charge on any atom is 0.319 e. The van der Waals surface area contributed by atoms with Crippen LogP contribution in [0.3, 0.4) is 0 Å². The van der Waals surface area contributed by atoms with Crippen molar-refractivity contribution in [3.05, 3.63) is 28.2 Å². The molecule has 0 spiro atoms. The normalized spacial score (nSPS) is 34.4. The summed E-state index contributed by atoms with van der Waals surface area (Å²) in [5.74, 6) is 2.70. The largest absolute Gasteiger partial charge is 0.337 e. The first-order valence-corrected chi connectivity index (χ1v) is 9.26. The van der Waals surface area contributed by atoms with Crippen LogP contribution in [0.1, 0.15) is 38.5 Å². The molecule has 4 saturated carbocycles. The second-order valence-corrected chi connectivity index (χ2v) is 8.76. The van der Waals surface area contributed by atoms with Crippen LogP contribution >= 0.6 is 23.2 Å². The molecule has 4 aliphatic rings. The van der Waals surface area contributed by atoms with E-state index in [1.807, 2.05) is 0 Å². The van der Waals surface area contributed by atoms with Gasteiger partial charge in [-0.3, -0.25) is 0 Å². The van der Waals surface area contributed by atoms with Crippen LogP contribution in [-0.4, -0.2) is 12.6 Å². The fraction of sp³-hybridized carbons (Fsp3) is 0.611. The van der Waals surface area contributed by atoms with E-state index in [1.54, 1.807) is 18.2 Å². The molecule has 5 rings (SSSR count). The first-order valence-electron chi connectivity index (χ1n) is 8.51. The van der Waals surface area contributed by atoms with Crippen molar-refractivity contribution in [3.8, 4) is 0 Å². The van der Waals surface area contributed by atoms with Gasteiger partial charge >= 0.3 is 6.03 Å². The summed E-state index contributed by atoms with van der Waals surface area (Å²) < 4.78 is 0. The Labute approximate surface area is 147 Å². The van der Waals surface area contributed by atoms with Gasteiger partial charge in [0.15, 0.2) is 0 Å². The number of nitrogens with one attached hydrogen (secondary N) is 2. The molecule has 1 aromatic rings. The minimum Gasteiger partial charge on any atom is -0.337 e. The van der Waals surface area contributed by atoms with Gasteiger partial charge in [-0.15, -0.1) is 0 Å². The fourth-order valence-electron chi connectivity index (χ4n) is 5.58. The number of hydrogen-bond donors (Lipinski definition) is 2. The van der Waals surface area contributed by atoms with Gasteiger partial charge in [-0.1, -0.05) is 23.2 Å². The molecular formula is C18H22Cl2N2O. The first-order chi connectivity index (χ1) is 11.0. The zero-order valence-corrected chi connectivity index (χ0v) is 14.6. The Hall–Kier alpha value is -0.930. The third-order valence-corrected chi connectivity index (χ3v) is 6.35. The van der Waals surface area contributed by atoms with Crippen molar-refractivity contribution in [2.45, 2.75) is 38.5 Å². The predicted molar refractivity (Wildman–Crippen MR) is 94.1 cm³/mol. The van der Waals surface area contributed by atoms with E-state index < -0.39 is 0 Å². The van der Waals surface area contributed by atoms with Crippen LogP contribution in [0.2, 0.25) is 10.0 Å². The molecule has 0 unspecified atom stereocenters. The number of halogens is 2. The van der Waals surface area contributed by atoms with Gasteiger partial charge in [0.05, 0.1) is 0 Å². The Morgan fingerprint density at radius 2 is 1.52 bits per heavy atom. The Morgan fingerprint density at radius 3 is 2.04 bits per heavy atom. The van der Waals surface area contributed by atoms with Crippen LogP contribution in [0.4, 0.5) is 10.5 Å². The molecule has 0 heterocycles. The number of benzene rings is 1. The highest BCUT2D eigenvalue weighted by atomic mass is 35.5.